The van der Waals surface area contributed by atoms with Crippen LogP contribution in [0.3, 0.4) is 0 Å². The SMILES string of the molecule is C[Si](C)(O)CCC/C=C/C(=O)N1CCCC(n2nc(-c3ccc(Oc4ccccc4)cc3)c3c(N)ncnc32)C1. The van der Waals surface area contributed by atoms with Crippen LogP contribution in [-0.2, 0) is 4.79 Å². The number of nitrogen functional groups attached to an aromatic ring is 1. The Hall–Kier alpha value is -4.02. The Morgan fingerprint density at radius 1 is 1.12 bits per heavy atom. The lowest BCUT2D eigenvalue weighted by atomic mass is 10.1. The molecule has 40 heavy (non-hydrogen) atoms. The number of amides is 1. The molecule has 2 aromatic heterocycles. The summed E-state index contributed by atoms with van der Waals surface area (Å²) in [5, 5.41) is 5.68. The van der Waals surface area contributed by atoms with Gasteiger partial charge in [0.1, 0.15) is 29.3 Å². The van der Waals surface area contributed by atoms with Gasteiger partial charge in [0.25, 0.3) is 0 Å². The molecule has 1 aliphatic rings. The zero-order chi connectivity index (χ0) is 28.1. The number of hydrogen-bond acceptors (Lipinski definition) is 7. The van der Waals surface area contributed by atoms with E-state index in [1.165, 1.54) is 6.33 Å². The van der Waals surface area contributed by atoms with Crippen LogP contribution in [0.2, 0.25) is 19.1 Å². The second-order valence-electron chi connectivity index (χ2n) is 10.9. The molecular formula is C30H36N6O3Si. The maximum absolute atomic E-state index is 13.0. The minimum atomic E-state index is -2.05. The summed E-state index contributed by atoms with van der Waals surface area (Å²) in [4.78, 5) is 33.6. The van der Waals surface area contributed by atoms with E-state index in [2.05, 4.69) is 9.97 Å². The van der Waals surface area contributed by atoms with E-state index in [9.17, 15) is 9.59 Å². The molecule has 0 spiro atoms. The number of anilines is 1. The molecule has 0 bridgehead atoms. The summed E-state index contributed by atoms with van der Waals surface area (Å²) in [6.45, 7) is 5.13. The van der Waals surface area contributed by atoms with Crippen molar-refractivity contribution in [1.29, 1.82) is 0 Å². The molecule has 3 heterocycles. The Morgan fingerprint density at radius 3 is 2.62 bits per heavy atom. The van der Waals surface area contributed by atoms with Gasteiger partial charge in [-0.25, -0.2) is 14.6 Å². The summed E-state index contributed by atoms with van der Waals surface area (Å²) >= 11 is 0. The minimum Gasteiger partial charge on any atom is -0.457 e. The van der Waals surface area contributed by atoms with Crippen molar-refractivity contribution >= 4 is 31.1 Å². The molecule has 1 saturated heterocycles. The molecule has 5 rings (SSSR count). The summed E-state index contributed by atoms with van der Waals surface area (Å²) in [5.74, 6) is 1.87. The molecule has 3 N–H and O–H groups in total. The number of ether oxygens (including phenoxy) is 1. The van der Waals surface area contributed by atoms with Crippen molar-refractivity contribution in [3.8, 4) is 22.8 Å². The molecular weight excluding hydrogens is 520 g/mol. The highest BCUT2D eigenvalue weighted by Gasteiger charge is 2.28. The highest BCUT2D eigenvalue weighted by atomic mass is 28.4. The molecule has 1 aliphatic heterocycles. The number of rotatable bonds is 9. The molecule has 1 unspecified atom stereocenters. The Bertz CT molecular complexity index is 1480. The van der Waals surface area contributed by atoms with Gasteiger partial charge in [0.2, 0.25) is 5.91 Å². The largest absolute Gasteiger partial charge is 0.457 e. The van der Waals surface area contributed by atoms with Gasteiger partial charge in [0.05, 0.1) is 11.4 Å². The second-order valence-corrected chi connectivity index (χ2v) is 15.0. The number of benzene rings is 2. The summed E-state index contributed by atoms with van der Waals surface area (Å²) in [6, 6.07) is 18.2. The maximum Gasteiger partial charge on any atom is 0.246 e. The van der Waals surface area contributed by atoms with Crippen molar-refractivity contribution in [2.24, 2.45) is 0 Å². The fourth-order valence-electron chi connectivity index (χ4n) is 5.05. The number of nitrogens with zero attached hydrogens (tertiary/aromatic N) is 5. The van der Waals surface area contributed by atoms with E-state index in [-0.39, 0.29) is 11.9 Å². The van der Waals surface area contributed by atoms with Crippen molar-refractivity contribution in [3.63, 3.8) is 0 Å². The highest BCUT2D eigenvalue weighted by molar-refractivity contribution is 6.69. The number of fused-ring (bicyclic) bond motifs is 1. The second kappa shape index (κ2) is 12.0. The van der Waals surface area contributed by atoms with Crippen LogP contribution in [0.5, 0.6) is 11.5 Å². The molecule has 0 radical (unpaired) electrons. The molecule has 0 aliphatic carbocycles. The van der Waals surface area contributed by atoms with Crippen molar-refractivity contribution in [2.75, 3.05) is 18.8 Å². The fraction of sp³-hybridized carbons (Fsp3) is 0.333. The van der Waals surface area contributed by atoms with Crippen LogP contribution >= 0.6 is 0 Å². The van der Waals surface area contributed by atoms with Gasteiger partial charge in [-0.3, -0.25) is 4.79 Å². The molecule has 1 atom stereocenters. The summed E-state index contributed by atoms with van der Waals surface area (Å²) in [6.07, 6.45) is 8.49. The Balaban J connectivity index is 1.34. The lowest BCUT2D eigenvalue weighted by Crippen LogP contribution is -2.40. The smallest absolute Gasteiger partial charge is 0.246 e. The van der Waals surface area contributed by atoms with Gasteiger partial charge < -0.3 is 20.2 Å². The molecule has 4 aromatic rings. The first-order chi connectivity index (χ1) is 19.3. The summed E-state index contributed by atoms with van der Waals surface area (Å²) in [5.41, 5.74) is 8.59. The Morgan fingerprint density at radius 2 is 1.88 bits per heavy atom. The third-order valence-corrected chi connectivity index (χ3v) is 8.68. The molecule has 208 valence electrons. The molecule has 2 aromatic carbocycles. The number of para-hydroxylation sites is 1. The minimum absolute atomic E-state index is 0.00466. The number of carbonyl (C=O) groups excluding carboxylic acids is 1. The monoisotopic (exact) mass is 556 g/mol. The number of allylic oxidation sites excluding steroid dienone is 1. The van der Waals surface area contributed by atoms with Gasteiger partial charge >= 0.3 is 0 Å². The molecule has 10 heteroatoms. The van der Waals surface area contributed by atoms with Gasteiger partial charge in [-0.1, -0.05) is 30.7 Å². The maximum atomic E-state index is 13.0. The first kappa shape index (κ1) is 27.5. The summed E-state index contributed by atoms with van der Waals surface area (Å²) < 4.78 is 7.85. The van der Waals surface area contributed by atoms with Crippen molar-refractivity contribution in [2.45, 2.75) is 50.9 Å². The van der Waals surface area contributed by atoms with Gasteiger partial charge in [0, 0.05) is 18.7 Å². The first-order valence-corrected chi connectivity index (χ1v) is 16.9. The van der Waals surface area contributed by atoms with E-state index in [4.69, 9.17) is 15.6 Å². The van der Waals surface area contributed by atoms with Crippen LogP contribution in [0.4, 0.5) is 5.82 Å². The van der Waals surface area contributed by atoms with E-state index in [1.807, 2.05) is 83.3 Å². The van der Waals surface area contributed by atoms with Crippen LogP contribution < -0.4 is 10.5 Å². The van der Waals surface area contributed by atoms with E-state index in [0.717, 1.165) is 48.8 Å². The lowest BCUT2D eigenvalue weighted by Gasteiger charge is -2.32. The van der Waals surface area contributed by atoms with Gasteiger partial charge in [-0.05, 0) is 80.9 Å². The predicted octanol–water partition coefficient (Wildman–Crippen LogP) is 5.57. The zero-order valence-corrected chi connectivity index (χ0v) is 24.0. The van der Waals surface area contributed by atoms with Crippen LogP contribution in [0.25, 0.3) is 22.3 Å². The predicted molar refractivity (Wildman–Crippen MR) is 159 cm³/mol. The quantitative estimate of drug-likeness (QED) is 0.157. The number of carbonyl (C=O) groups is 1. The highest BCUT2D eigenvalue weighted by Crippen LogP contribution is 2.35. The van der Waals surface area contributed by atoms with E-state index >= 15 is 0 Å². The zero-order valence-electron chi connectivity index (χ0n) is 23.0. The van der Waals surface area contributed by atoms with Gasteiger partial charge in [-0.15, -0.1) is 0 Å². The van der Waals surface area contributed by atoms with Crippen molar-refractivity contribution in [1.82, 2.24) is 24.6 Å². The van der Waals surface area contributed by atoms with Crippen molar-refractivity contribution in [3.05, 3.63) is 73.1 Å². The average Bonchev–Trinajstić information content (AvgIpc) is 3.34. The number of aromatic nitrogens is 4. The fourth-order valence-corrected chi connectivity index (χ4v) is 6.12. The summed E-state index contributed by atoms with van der Waals surface area (Å²) in [7, 11) is -2.05. The van der Waals surface area contributed by atoms with Crippen LogP contribution in [0, 0.1) is 0 Å². The van der Waals surface area contributed by atoms with E-state index in [1.54, 1.807) is 6.08 Å². The third-order valence-electron chi connectivity index (χ3n) is 7.10. The molecule has 9 nitrogen and oxygen atoms in total. The van der Waals surface area contributed by atoms with E-state index < -0.39 is 8.32 Å². The molecule has 1 amide bonds. The van der Waals surface area contributed by atoms with Gasteiger partial charge in [-0.2, -0.15) is 5.10 Å². The van der Waals surface area contributed by atoms with Crippen LogP contribution in [0.1, 0.15) is 31.7 Å². The number of hydrogen-bond donors (Lipinski definition) is 2. The number of nitrogens with two attached hydrogens (primary N) is 1. The first-order valence-electron chi connectivity index (χ1n) is 13.8. The standard InChI is InChI=1S/C30H36N6O3Si/c1-40(2,38)19-8-4-7-13-26(37)35-18-9-10-23(20-35)36-30-27(29(31)32-21-33-30)28(34-36)22-14-16-25(17-15-22)39-24-11-5-3-6-12-24/h3,5-7,11-17,21,23,38H,4,8-10,18-20H2,1-2H3,(H2,31,32,33)/b13-7+. The number of piperidine rings is 1. The van der Waals surface area contributed by atoms with E-state index in [0.29, 0.717) is 35.6 Å². The third kappa shape index (κ3) is 6.57. The lowest BCUT2D eigenvalue weighted by molar-refractivity contribution is -0.127. The normalized spacial score (nSPS) is 16.1. The van der Waals surface area contributed by atoms with Gasteiger partial charge in [0.15, 0.2) is 14.0 Å². The Labute approximate surface area is 235 Å². The Kier molecular flexibility index (Phi) is 8.27. The van der Waals surface area contributed by atoms with Crippen LogP contribution in [-0.4, -0.2) is 56.8 Å². The molecule has 0 saturated carbocycles. The number of unbranched alkanes of at least 4 members (excludes halogenated alkanes) is 1. The van der Waals surface area contributed by atoms with Crippen LogP contribution in [0.15, 0.2) is 73.1 Å². The topological polar surface area (TPSA) is 119 Å². The van der Waals surface area contributed by atoms with Crippen molar-refractivity contribution < 1.29 is 14.3 Å². The molecule has 1 fully saturated rings. The average molecular weight is 557 g/mol. The number of likely N-dealkylation sites (tertiary alicyclic amines) is 1.